The Morgan fingerprint density at radius 3 is 2.44 bits per heavy atom. The SMILES string of the molecule is CC(O)(CCC1CCCC1)c1ccccc1. The fourth-order valence-electron chi connectivity index (χ4n) is 2.73. The Kier molecular flexibility index (Phi) is 3.65. The molecule has 0 radical (unpaired) electrons. The van der Waals surface area contributed by atoms with Crippen molar-refractivity contribution in [2.24, 2.45) is 5.92 Å². The van der Waals surface area contributed by atoms with Gasteiger partial charge in [0.15, 0.2) is 0 Å². The summed E-state index contributed by atoms with van der Waals surface area (Å²) in [6.45, 7) is 1.94. The number of rotatable bonds is 4. The molecule has 0 spiro atoms. The van der Waals surface area contributed by atoms with Crippen molar-refractivity contribution >= 4 is 0 Å². The van der Waals surface area contributed by atoms with Gasteiger partial charge in [-0.05, 0) is 31.2 Å². The summed E-state index contributed by atoms with van der Waals surface area (Å²) in [5, 5.41) is 10.4. The van der Waals surface area contributed by atoms with Crippen molar-refractivity contribution in [3.05, 3.63) is 35.9 Å². The molecule has 1 aromatic rings. The second-order valence-electron chi connectivity index (χ2n) is 5.33. The van der Waals surface area contributed by atoms with E-state index < -0.39 is 5.60 Å². The van der Waals surface area contributed by atoms with Gasteiger partial charge in [-0.3, -0.25) is 0 Å². The molecule has 0 amide bonds. The van der Waals surface area contributed by atoms with Crippen LogP contribution < -0.4 is 0 Å². The normalized spacial score (nSPS) is 20.9. The van der Waals surface area contributed by atoms with Crippen LogP contribution in [0.2, 0.25) is 0 Å². The third-order valence-electron chi connectivity index (χ3n) is 3.91. The van der Waals surface area contributed by atoms with Crippen molar-refractivity contribution in [2.75, 3.05) is 0 Å². The molecule has 1 aliphatic rings. The molecule has 1 fully saturated rings. The van der Waals surface area contributed by atoms with Gasteiger partial charge >= 0.3 is 0 Å². The van der Waals surface area contributed by atoms with Gasteiger partial charge in [0, 0.05) is 0 Å². The third-order valence-corrected chi connectivity index (χ3v) is 3.91. The van der Waals surface area contributed by atoms with E-state index in [2.05, 4.69) is 0 Å². The summed E-state index contributed by atoms with van der Waals surface area (Å²) >= 11 is 0. The van der Waals surface area contributed by atoms with E-state index in [1.807, 2.05) is 37.3 Å². The predicted molar refractivity (Wildman–Crippen MR) is 67.2 cm³/mol. The summed E-state index contributed by atoms with van der Waals surface area (Å²) in [4.78, 5) is 0. The maximum atomic E-state index is 10.4. The van der Waals surface area contributed by atoms with Gasteiger partial charge in [0.2, 0.25) is 0 Å². The summed E-state index contributed by atoms with van der Waals surface area (Å²) in [6.07, 6.45) is 7.57. The van der Waals surface area contributed by atoms with Crippen molar-refractivity contribution in [1.29, 1.82) is 0 Å². The molecule has 1 heteroatoms. The van der Waals surface area contributed by atoms with Crippen LogP contribution in [0.1, 0.15) is 51.0 Å². The van der Waals surface area contributed by atoms with Gasteiger partial charge in [-0.15, -0.1) is 0 Å². The van der Waals surface area contributed by atoms with Crippen LogP contribution in [0, 0.1) is 5.92 Å². The number of hydrogen-bond acceptors (Lipinski definition) is 1. The van der Waals surface area contributed by atoms with E-state index >= 15 is 0 Å². The van der Waals surface area contributed by atoms with E-state index in [0.29, 0.717) is 0 Å². The van der Waals surface area contributed by atoms with Crippen LogP contribution in [0.15, 0.2) is 30.3 Å². The van der Waals surface area contributed by atoms with Crippen LogP contribution >= 0.6 is 0 Å². The molecule has 88 valence electrons. The quantitative estimate of drug-likeness (QED) is 0.813. The van der Waals surface area contributed by atoms with Crippen LogP contribution in [0.5, 0.6) is 0 Å². The Labute approximate surface area is 98.5 Å². The number of aliphatic hydroxyl groups is 1. The third kappa shape index (κ3) is 2.85. The zero-order chi connectivity index (χ0) is 11.4. The van der Waals surface area contributed by atoms with E-state index in [4.69, 9.17) is 0 Å². The summed E-state index contributed by atoms with van der Waals surface area (Å²) in [6, 6.07) is 10.0. The Bertz CT molecular complexity index is 309. The molecule has 0 heterocycles. The van der Waals surface area contributed by atoms with E-state index in [-0.39, 0.29) is 0 Å². The van der Waals surface area contributed by atoms with Crippen LogP contribution in [0.25, 0.3) is 0 Å². The molecule has 0 saturated heterocycles. The lowest BCUT2D eigenvalue weighted by Gasteiger charge is -2.25. The van der Waals surface area contributed by atoms with E-state index in [1.165, 1.54) is 32.1 Å². The summed E-state index contributed by atoms with van der Waals surface area (Å²) < 4.78 is 0. The minimum absolute atomic E-state index is 0.649. The molecule has 1 unspecified atom stereocenters. The van der Waals surface area contributed by atoms with Gasteiger partial charge in [-0.2, -0.15) is 0 Å². The predicted octanol–water partition coefficient (Wildman–Crippen LogP) is 3.86. The highest BCUT2D eigenvalue weighted by Crippen LogP contribution is 2.33. The summed E-state index contributed by atoms with van der Waals surface area (Å²) in [7, 11) is 0. The van der Waals surface area contributed by atoms with Crippen LogP contribution in [0.3, 0.4) is 0 Å². The molecule has 1 atom stereocenters. The van der Waals surface area contributed by atoms with Crippen molar-refractivity contribution in [2.45, 2.75) is 51.0 Å². The molecule has 16 heavy (non-hydrogen) atoms. The van der Waals surface area contributed by atoms with Crippen molar-refractivity contribution < 1.29 is 5.11 Å². The molecule has 1 aliphatic carbocycles. The largest absolute Gasteiger partial charge is 0.385 e. The Morgan fingerprint density at radius 2 is 1.81 bits per heavy atom. The number of hydrogen-bond donors (Lipinski definition) is 1. The van der Waals surface area contributed by atoms with Gasteiger partial charge in [-0.1, -0.05) is 56.0 Å². The molecule has 0 aliphatic heterocycles. The minimum Gasteiger partial charge on any atom is -0.385 e. The zero-order valence-electron chi connectivity index (χ0n) is 10.2. The highest BCUT2D eigenvalue weighted by molar-refractivity contribution is 5.21. The smallest absolute Gasteiger partial charge is 0.0868 e. The maximum absolute atomic E-state index is 10.4. The topological polar surface area (TPSA) is 20.2 Å². The zero-order valence-corrected chi connectivity index (χ0v) is 10.2. The van der Waals surface area contributed by atoms with Gasteiger partial charge in [0.1, 0.15) is 0 Å². The fourth-order valence-corrected chi connectivity index (χ4v) is 2.73. The first kappa shape index (κ1) is 11.7. The standard InChI is InChI=1S/C15H22O/c1-15(16,14-9-3-2-4-10-14)12-11-13-7-5-6-8-13/h2-4,9-10,13,16H,5-8,11-12H2,1H3. The fraction of sp³-hybridized carbons (Fsp3) is 0.600. The summed E-state index contributed by atoms with van der Waals surface area (Å²) in [5.41, 5.74) is 0.400. The van der Waals surface area contributed by atoms with Gasteiger partial charge in [0.05, 0.1) is 5.60 Å². The van der Waals surface area contributed by atoms with E-state index in [1.54, 1.807) is 0 Å². The maximum Gasteiger partial charge on any atom is 0.0868 e. The molecule has 1 aromatic carbocycles. The van der Waals surface area contributed by atoms with Crippen LogP contribution in [-0.4, -0.2) is 5.11 Å². The molecule has 1 saturated carbocycles. The van der Waals surface area contributed by atoms with Crippen molar-refractivity contribution in [3.8, 4) is 0 Å². The van der Waals surface area contributed by atoms with Gasteiger partial charge < -0.3 is 5.11 Å². The molecular weight excluding hydrogens is 196 g/mol. The molecule has 2 rings (SSSR count). The first-order valence-electron chi connectivity index (χ1n) is 6.46. The Morgan fingerprint density at radius 1 is 1.19 bits per heavy atom. The molecule has 0 aromatic heterocycles. The first-order chi connectivity index (χ1) is 7.68. The average Bonchev–Trinajstić information content (AvgIpc) is 2.81. The van der Waals surface area contributed by atoms with E-state index in [9.17, 15) is 5.11 Å². The molecule has 1 nitrogen and oxygen atoms in total. The van der Waals surface area contributed by atoms with Crippen LogP contribution in [0.4, 0.5) is 0 Å². The van der Waals surface area contributed by atoms with Crippen LogP contribution in [-0.2, 0) is 5.60 Å². The summed E-state index contributed by atoms with van der Waals surface area (Å²) in [5.74, 6) is 0.857. The van der Waals surface area contributed by atoms with E-state index in [0.717, 1.165) is 17.9 Å². The first-order valence-corrected chi connectivity index (χ1v) is 6.46. The van der Waals surface area contributed by atoms with Gasteiger partial charge in [0.25, 0.3) is 0 Å². The van der Waals surface area contributed by atoms with Crippen molar-refractivity contribution in [1.82, 2.24) is 0 Å². The molecule has 1 N–H and O–H groups in total. The lowest BCUT2D eigenvalue weighted by Crippen LogP contribution is -2.21. The second kappa shape index (κ2) is 5.01. The highest BCUT2D eigenvalue weighted by Gasteiger charge is 2.25. The highest BCUT2D eigenvalue weighted by atomic mass is 16.3. The monoisotopic (exact) mass is 218 g/mol. The van der Waals surface area contributed by atoms with Crippen molar-refractivity contribution in [3.63, 3.8) is 0 Å². The molecule has 0 bridgehead atoms. The lowest BCUT2D eigenvalue weighted by molar-refractivity contribution is 0.0409. The lowest BCUT2D eigenvalue weighted by atomic mass is 9.87. The molecular formula is C15H22O. The Hall–Kier alpha value is -0.820. The second-order valence-corrected chi connectivity index (χ2v) is 5.33. The van der Waals surface area contributed by atoms with Gasteiger partial charge in [-0.25, -0.2) is 0 Å². The Balaban J connectivity index is 1.92. The average molecular weight is 218 g/mol. The minimum atomic E-state index is -0.649. The number of benzene rings is 1.